The van der Waals surface area contributed by atoms with E-state index in [4.69, 9.17) is 4.74 Å². The average molecular weight is 382 g/mol. The lowest BCUT2D eigenvalue weighted by molar-refractivity contribution is -0.145. The van der Waals surface area contributed by atoms with Crippen molar-refractivity contribution in [3.8, 4) is 0 Å². The molecule has 0 fully saturated rings. The smallest absolute Gasteiger partial charge is 0.321 e. The van der Waals surface area contributed by atoms with Crippen LogP contribution in [0.3, 0.4) is 0 Å². The molecular weight excluding hydrogens is 364 g/mol. The van der Waals surface area contributed by atoms with Crippen LogP contribution in [-0.4, -0.2) is 46.3 Å². The second-order valence-corrected chi connectivity index (χ2v) is 6.96. The Labute approximate surface area is 152 Å². The molecule has 0 unspecified atom stereocenters. The maximum atomic E-state index is 11.7. The van der Waals surface area contributed by atoms with Gasteiger partial charge in [-0.25, -0.2) is 14.8 Å². The van der Waals surface area contributed by atoms with E-state index in [-0.39, 0.29) is 11.8 Å². The van der Waals surface area contributed by atoms with Crippen LogP contribution in [0.15, 0.2) is 22.8 Å². The molecule has 10 heteroatoms. The molecule has 0 aromatic carbocycles. The number of fused-ring (bicyclic) bond motifs is 1. The number of nitrogens with one attached hydrogen (secondary N) is 2. The van der Waals surface area contributed by atoms with Gasteiger partial charge in [-0.1, -0.05) is 18.7 Å². The largest absolute Gasteiger partial charge is 0.455 e. The quantitative estimate of drug-likeness (QED) is 0.428. The van der Waals surface area contributed by atoms with Gasteiger partial charge in [0.2, 0.25) is 0 Å². The molecule has 0 radical (unpaired) electrons. The summed E-state index contributed by atoms with van der Waals surface area (Å²) in [7, 11) is 0. The standard InChI is InChI=1S/C15H18N4O4S2/c1-3-9(2)18-15(22)19-11(20)6-23-12(21)7-25-14-10-4-5-24-13(10)16-8-17-14/h4-5,8-9H,3,6-7H2,1-2H3,(H2,18,19,20,22)/t9-/m0/s1. The highest BCUT2D eigenvalue weighted by Crippen LogP contribution is 2.27. The molecule has 8 nitrogen and oxygen atoms in total. The molecule has 2 heterocycles. The van der Waals surface area contributed by atoms with E-state index in [1.54, 1.807) is 0 Å². The number of rotatable bonds is 7. The number of hydrogen-bond acceptors (Lipinski definition) is 8. The number of esters is 1. The minimum Gasteiger partial charge on any atom is -0.455 e. The summed E-state index contributed by atoms with van der Waals surface area (Å²) in [6.45, 7) is 3.22. The van der Waals surface area contributed by atoms with Gasteiger partial charge in [-0.2, -0.15) is 0 Å². The second kappa shape index (κ2) is 9.33. The summed E-state index contributed by atoms with van der Waals surface area (Å²) in [6.07, 6.45) is 2.18. The zero-order valence-electron chi connectivity index (χ0n) is 13.8. The molecule has 0 aliphatic heterocycles. The van der Waals surface area contributed by atoms with Gasteiger partial charge >= 0.3 is 12.0 Å². The number of nitrogens with zero attached hydrogens (tertiary/aromatic N) is 2. The van der Waals surface area contributed by atoms with Crippen molar-refractivity contribution in [2.45, 2.75) is 31.3 Å². The molecule has 2 aromatic rings. The molecule has 2 N–H and O–H groups in total. The van der Waals surface area contributed by atoms with Crippen LogP contribution < -0.4 is 10.6 Å². The van der Waals surface area contributed by atoms with Crippen molar-refractivity contribution < 1.29 is 19.1 Å². The molecule has 0 spiro atoms. The number of thiophene rings is 1. The summed E-state index contributed by atoms with van der Waals surface area (Å²) < 4.78 is 4.86. The van der Waals surface area contributed by atoms with Crippen molar-refractivity contribution in [2.24, 2.45) is 0 Å². The van der Waals surface area contributed by atoms with E-state index in [1.807, 2.05) is 25.3 Å². The molecule has 25 heavy (non-hydrogen) atoms. The van der Waals surface area contributed by atoms with Crippen molar-refractivity contribution >= 4 is 51.2 Å². The fraction of sp³-hybridized carbons (Fsp3) is 0.400. The van der Waals surface area contributed by atoms with E-state index in [9.17, 15) is 14.4 Å². The topological polar surface area (TPSA) is 110 Å². The molecule has 134 valence electrons. The number of hydrogen-bond donors (Lipinski definition) is 2. The lowest BCUT2D eigenvalue weighted by atomic mass is 10.3. The Bertz CT molecular complexity index is 765. The third-order valence-corrected chi connectivity index (χ3v) is 4.96. The van der Waals surface area contributed by atoms with Crippen molar-refractivity contribution in [1.29, 1.82) is 0 Å². The minimum atomic E-state index is -0.679. The first-order valence-electron chi connectivity index (χ1n) is 7.56. The Morgan fingerprint density at radius 3 is 2.92 bits per heavy atom. The van der Waals surface area contributed by atoms with Gasteiger partial charge in [-0.3, -0.25) is 14.9 Å². The van der Waals surface area contributed by atoms with E-state index in [2.05, 4.69) is 20.6 Å². The lowest BCUT2D eigenvalue weighted by Crippen LogP contribution is -2.44. The number of amides is 3. The van der Waals surface area contributed by atoms with Gasteiger partial charge in [0.15, 0.2) is 6.61 Å². The summed E-state index contributed by atoms with van der Waals surface area (Å²) in [5.74, 6) is -1.24. The van der Waals surface area contributed by atoms with Crippen LogP contribution >= 0.6 is 23.1 Å². The van der Waals surface area contributed by atoms with Crippen LogP contribution in [0, 0.1) is 0 Å². The minimum absolute atomic E-state index is 0.00824. The molecule has 2 aromatic heterocycles. The van der Waals surface area contributed by atoms with Crippen LogP contribution in [0.5, 0.6) is 0 Å². The summed E-state index contributed by atoms with van der Waals surface area (Å²) >= 11 is 2.70. The first-order valence-corrected chi connectivity index (χ1v) is 9.43. The van der Waals surface area contributed by atoms with Gasteiger partial charge in [0.25, 0.3) is 5.91 Å². The monoisotopic (exact) mass is 382 g/mol. The lowest BCUT2D eigenvalue weighted by Gasteiger charge is -2.11. The summed E-state index contributed by atoms with van der Waals surface area (Å²) in [4.78, 5) is 43.9. The summed E-state index contributed by atoms with van der Waals surface area (Å²) in [5, 5.41) is 8.14. The highest BCUT2D eigenvalue weighted by molar-refractivity contribution is 8.00. The maximum Gasteiger partial charge on any atom is 0.321 e. The van der Waals surface area contributed by atoms with E-state index in [0.29, 0.717) is 5.03 Å². The van der Waals surface area contributed by atoms with Gasteiger partial charge in [0, 0.05) is 11.4 Å². The Morgan fingerprint density at radius 2 is 2.16 bits per heavy atom. The number of aromatic nitrogens is 2. The predicted molar refractivity (Wildman–Crippen MR) is 95.5 cm³/mol. The molecule has 1 atom stereocenters. The Kier molecular flexibility index (Phi) is 7.14. The molecule has 0 bridgehead atoms. The molecule has 0 aliphatic carbocycles. The Morgan fingerprint density at radius 1 is 1.36 bits per heavy atom. The fourth-order valence-electron chi connectivity index (χ4n) is 1.72. The first kappa shape index (κ1) is 19.1. The molecule has 0 saturated heterocycles. The van der Waals surface area contributed by atoms with E-state index >= 15 is 0 Å². The van der Waals surface area contributed by atoms with Crippen LogP contribution in [0.2, 0.25) is 0 Å². The number of ether oxygens (including phenoxy) is 1. The second-order valence-electron chi connectivity index (χ2n) is 5.10. The van der Waals surface area contributed by atoms with Gasteiger partial charge in [0.05, 0.1) is 5.75 Å². The van der Waals surface area contributed by atoms with Crippen LogP contribution in [0.4, 0.5) is 4.79 Å². The number of imide groups is 1. The van der Waals surface area contributed by atoms with Crippen molar-refractivity contribution in [2.75, 3.05) is 12.4 Å². The summed E-state index contributed by atoms with van der Waals surface area (Å²) in [5.41, 5.74) is 0. The van der Waals surface area contributed by atoms with Crippen LogP contribution in [0.25, 0.3) is 10.2 Å². The predicted octanol–water partition coefficient (Wildman–Crippen LogP) is 1.95. The van der Waals surface area contributed by atoms with Gasteiger partial charge < -0.3 is 10.1 Å². The number of thioether (sulfide) groups is 1. The van der Waals surface area contributed by atoms with Gasteiger partial charge in [-0.05, 0) is 24.8 Å². The average Bonchev–Trinajstić information content (AvgIpc) is 3.07. The first-order chi connectivity index (χ1) is 12.0. The van der Waals surface area contributed by atoms with E-state index < -0.39 is 24.5 Å². The fourth-order valence-corrected chi connectivity index (χ4v) is 3.30. The molecule has 0 aliphatic rings. The molecule has 3 amide bonds. The SMILES string of the molecule is CC[C@H](C)NC(=O)NC(=O)COC(=O)CSc1ncnc2sccc12. The zero-order valence-corrected chi connectivity index (χ0v) is 15.4. The Balaban J connectivity index is 1.73. The number of carbonyl (C=O) groups is 3. The number of urea groups is 1. The third-order valence-electron chi connectivity index (χ3n) is 3.16. The molecular formula is C15H18N4O4S2. The van der Waals surface area contributed by atoms with Crippen LogP contribution in [0.1, 0.15) is 20.3 Å². The maximum absolute atomic E-state index is 11.7. The third kappa shape index (κ3) is 5.98. The number of carbonyl (C=O) groups excluding carboxylic acids is 3. The van der Waals surface area contributed by atoms with Crippen molar-refractivity contribution in [1.82, 2.24) is 20.6 Å². The van der Waals surface area contributed by atoms with E-state index in [1.165, 1.54) is 29.4 Å². The van der Waals surface area contributed by atoms with E-state index in [0.717, 1.165) is 16.6 Å². The molecule has 0 saturated carbocycles. The zero-order chi connectivity index (χ0) is 18.2. The highest BCUT2D eigenvalue weighted by Gasteiger charge is 2.13. The summed E-state index contributed by atoms with van der Waals surface area (Å²) in [6, 6.07) is 1.23. The normalized spacial score (nSPS) is 11.8. The Hall–Kier alpha value is -2.20. The van der Waals surface area contributed by atoms with Gasteiger partial charge in [0.1, 0.15) is 16.2 Å². The molecule has 2 rings (SSSR count). The van der Waals surface area contributed by atoms with Crippen molar-refractivity contribution in [3.63, 3.8) is 0 Å². The highest BCUT2D eigenvalue weighted by atomic mass is 32.2. The van der Waals surface area contributed by atoms with Gasteiger partial charge in [-0.15, -0.1) is 11.3 Å². The van der Waals surface area contributed by atoms with Crippen LogP contribution in [-0.2, 0) is 14.3 Å². The van der Waals surface area contributed by atoms with Crippen molar-refractivity contribution in [3.05, 3.63) is 17.8 Å².